The molecule has 1 atom stereocenters. The number of hydrogen-bond donors (Lipinski definition) is 2. The highest BCUT2D eigenvalue weighted by atomic mass is 35.5. The molecular formula is C14H14Cl3NO3S. The van der Waals surface area contributed by atoms with E-state index in [2.05, 4.69) is 5.32 Å². The monoisotopic (exact) mass is 381 g/mol. The maximum atomic E-state index is 11.4. The lowest BCUT2D eigenvalue weighted by Crippen LogP contribution is -2.19. The highest BCUT2D eigenvalue weighted by Gasteiger charge is 2.23. The Balaban J connectivity index is 0.00000242. The molecule has 1 aromatic heterocycles. The molecule has 0 saturated carbocycles. The zero-order valence-electron chi connectivity index (χ0n) is 11.5. The highest BCUT2D eigenvalue weighted by molar-refractivity contribution is 7.97. The molecule has 1 heterocycles. The molecule has 0 aliphatic carbocycles. The van der Waals surface area contributed by atoms with Gasteiger partial charge in [-0.2, -0.15) is 11.8 Å². The van der Waals surface area contributed by atoms with E-state index < -0.39 is 12.0 Å². The van der Waals surface area contributed by atoms with Crippen LogP contribution in [0, 0.1) is 0 Å². The van der Waals surface area contributed by atoms with Crippen LogP contribution in [-0.2, 0) is 10.5 Å². The lowest BCUT2D eigenvalue weighted by molar-refractivity contribution is -0.138. The van der Waals surface area contributed by atoms with Crippen molar-refractivity contribution in [2.24, 2.45) is 0 Å². The number of nitrogens with one attached hydrogen (secondary N) is 1. The molecule has 1 unspecified atom stereocenters. The first-order valence-corrected chi connectivity index (χ1v) is 8.17. The Kier molecular flexibility index (Phi) is 7.42. The van der Waals surface area contributed by atoms with Gasteiger partial charge in [0, 0.05) is 15.7 Å². The molecule has 2 rings (SSSR count). The van der Waals surface area contributed by atoms with Crippen molar-refractivity contribution in [1.82, 2.24) is 0 Å². The molecule has 0 saturated heterocycles. The predicted molar refractivity (Wildman–Crippen MR) is 93.6 cm³/mol. The summed E-state index contributed by atoms with van der Waals surface area (Å²) in [5, 5.41) is 13.1. The molecule has 2 aromatic rings. The maximum absolute atomic E-state index is 11.4. The van der Waals surface area contributed by atoms with E-state index in [0.717, 1.165) is 5.76 Å². The average molecular weight is 383 g/mol. The first kappa shape index (κ1) is 19.0. The van der Waals surface area contributed by atoms with E-state index in [4.69, 9.17) is 27.6 Å². The molecule has 22 heavy (non-hydrogen) atoms. The first-order valence-electron chi connectivity index (χ1n) is 6.02. The van der Waals surface area contributed by atoms with E-state index in [-0.39, 0.29) is 12.4 Å². The Morgan fingerprint density at radius 2 is 1.95 bits per heavy atom. The number of rotatable bonds is 6. The van der Waals surface area contributed by atoms with Gasteiger partial charge in [-0.25, -0.2) is 4.79 Å². The minimum Gasteiger partial charge on any atom is -0.479 e. The van der Waals surface area contributed by atoms with Gasteiger partial charge in [0.1, 0.15) is 11.5 Å². The number of benzene rings is 1. The van der Waals surface area contributed by atoms with Crippen LogP contribution in [-0.4, -0.2) is 17.3 Å². The predicted octanol–water partition coefficient (Wildman–Crippen LogP) is 5.11. The quantitative estimate of drug-likeness (QED) is 0.727. The Bertz CT molecular complexity index is 628. The molecular weight excluding hydrogens is 369 g/mol. The van der Waals surface area contributed by atoms with E-state index in [0.29, 0.717) is 27.2 Å². The average Bonchev–Trinajstić information content (AvgIpc) is 2.83. The minimum atomic E-state index is -1.05. The lowest BCUT2D eigenvalue weighted by atomic mass is 10.2. The van der Waals surface area contributed by atoms with E-state index in [1.54, 1.807) is 42.1 Å². The van der Waals surface area contributed by atoms with Crippen molar-refractivity contribution < 1.29 is 14.3 Å². The van der Waals surface area contributed by atoms with Gasteiger partial charge in [0.15, 0.2) is 6.04 Å². The fourth-order valence-corrected chi connectivity index (χ4v) is 2.79. The van der Waals surface area contributed by atoms with Crippen molar-refractivity contribution in [3.63, 3.8) is 0 Å². The third kappa shape index (κ3) is 5.02. The second-order valence-electron chi connectivity index (χ2n) is 4.31. The molecule has 120 valence electrons. The van der Waals surface area contributed by atoms with Crippen molar-refractivity contribution in [1.29, 1.82) is 0 Å². The van der Waals surface area contributed by atoms with Crippen LogP contribution >= 0.6 is 47.4 Å². The Morgan fingerprint density at radius 3 is 2.50 bits per heavy atom. The van der Waals surface area contributed by atoms with Gasteiger partial charge < -0.3 is 14.8 Å². The summed E-state index contributed by atoms with van der Waals surface area (Å²) in [5.74, 6) is 0.712. The van der Waals surface area contributed by atoms with Gasteiger partial charge in [-0.1, -0.05) is 23.2 Å². The molecule has 4 nitrogen and oxygen atoms in total. The van der Waals surface area contributed by atoms with Crippen molar-refractivity contribution in [2.75, 3.05) is 11.6 Å². The van der Waals surface area contributed by atoms with Gasteiger partial charge in [-0.15, -0.1) is 12.4 Å². The Morgan fingerprint density at radius 1 is 1.32 bits per heavy atom. The second kappa shape index (κ2) is 8.58. The molecule has 0 aliphatic heterocycles. The highest BCUT2D eigenvalue weighted by Crippen LogP contribution is 2.27. The third-order valence-electron chi connectivity index (χ3n) is 2.67. The zero-order chi connectivity index (χ0) is 15.4. The Labute approximate surface area is 148 Å². The number of hydrogen-bond acceptors (Lipinski definition) is 4. The van der Waals surface area contributed by atoms with E-state index in [1.165, 1.54) is 0 Å². The van der Waals surface area contributed by atoms with Gasteiger partial charge in [0.25, 0.3) is 0 Å². The van der Waals surface area contributed by atoms with Gasteiger partial charge in [-0.3, -0.25) is 0 Å². The van der Waals surface area contributed by atoms with Crippen molar-refractivity contribution in [3.05, 3.63) is 51.9 Å². The van der Waals surface area contributed by atoms with Crippen LogP contribution in [0.1, 0.15) is 17.6 Å². The number of aliphatic carboxylic acids is 1. The SMILES string of the molecule is CSCc1ccc(C(Nc2cc(Cl)cc(Cl)c2)C(=O)O)o1.Cl. The molecule has 0 bridgehead atoms. The number of anilines is 1. The normalized spacial score (nSPS) is 11.6. The maximum Gasteiger partial charge on any atom is 0.334 e. The van der Waals surface area contributed by atoms with Crippen LogP contribution in [0.3, 0.4) is 0 Å². The van der Waals surface area contributed by atoms with Crippen LogP contribution in [0.15, 0.2) is 34.7 Å². The van der Waals surface area contributed by atoms with Gasteiger partial charge in [0.05, 0.1) is 5.75 Å². The smallest absolute Gasteiger partial charge is 0.334 e. The third-order valence-corrected chi connectivity index (χ3v) is 3.68. The first-order chi connectivity index (χ1) is 9.99. The summed E-state index contributed by atoms with van der Waals surface area (Å²) in [6.45, 7) is 0. The summed E-state index contributed by atoms with van der Waals surface area (Å²) in [6, 6.07) is 7.21. The number of halogens is 3. The summed E-state index contributed by atoms with van der Waals surface area (Å²) >= 11 is 13.4. The molecule has 0 aliphatic rings. The van der Waals surface area contributed by atoms with Crippen LogP contribution in [0.2, 0.25) is 10.0 Å². The molecule has 2 N–H and O–H groups in total. The standard InChI is InChI=1S/C14H13Cl2NO3S.ClH/c1-21-7-11-2-3-12(20-11)13(14(18)19)17-10-5-8(15)4-9(16)6-10;/h2-6,13,17H,7H2,1H3,(H,18,19);1H. The van der Waals surface area contributed by atoms with Crippen LogP contribution in [0.5, 0.6) is 0 Å². The number of carboxylic acids is 1. The van der Waals surface area contributed by atoms with E-state index in [9.17, 15) is 9.90 Å². The van der Waals surface area contributed by atoms with Crippen molar-refractivity contribution >= 4 is 59.0 Å². The molecule has 0 spiro atoms. The topological polar surface area (TPSA) is 62.5 Å². The van der Waals surface area contributed by atoms with Crippen LogP contribution < -0.4 is 5.32 Å². The summed E-state index contributed by atoms with van der Waals surface area (Å²) < 4.78 is 5.55. The Hall–Kier alpha value is -1.01. The second-order valence-corrected chi connectivity index (χ2v) is 6.05. The zero-order valence-corrected chi connectivity index (χ0v) is 14.7. The number of carbonyl (C=O) groups is 1. The fraction of sp³-hybridized carbons (Fsp3) is 0.214. The van der Waals surface area contributed by atoms with E-state index >= 15 is 0 Å². The van der Waals surface area contributed by atoms with Gasteiger partial charge in [0.2, 0.25) is 0 Å². The molecule has 1 aromatic carbocycles. The number of thioether (sulfide) groups is 1. The molecule has 0 amide bonds. The molecule has 8 heteroatoms. The van der Waals surface area contributed by atoms with Crippen LogP contribution in [0.25, 0.3) is 0 Å². The van der Waals surface area contributed by atoms with Gasteiger partial charge in [-0.05, 0) is 36.6 Å². The van der Waals surface area contributed by atoms with Crippen molar-refractivity contribution in [3.8, 4) is 0 Å². The number of furan rings is 1. The fourth-order valence-electron chi connectivity index (χ4n) is 1.83. The summed E-state index contributed by atoms with van der Waals surface area (Å²) in [7, 11) is 0. The van der Waals surface area contributed by atoms with E-state index in [1.807, 2.05) is 6.26 Å². The largest absolute Gasteiger partial charge is 0.479 e. The number of carboxylic acid groups (broad SMARTS) is 1. The van der Waals surface area contributed by atoms with Crippen molar-refractivity contribution in [2.45, 2.75) is 11.8 Å². The molecule has 0 radical (unpaired) electrons. The summed E-state index contributed by atoms with van der Waals surface area (Å²) in [4.78, 5) is 11.4. The molecule has 0 fully saturated rings. The summed E-state index contributed by atoms with van der Waals surface area (Å²) in [5.41, 5.74) is 0.516. The lowest BCUT2D eigenvalue weighted by Gasteiger charge is -2.14. The summed E-state index contributed by atoms with van der Waals surface area (Å²) in [6.07, 6.45) is 1.95. The van der Waals surface area contributed by atoms with Gasteiger partial charge >= 0.3 is 5.97 Å². The van der Waals surface area contributed by atoms with Crippen LogP contribution in [0.4, 0.5) is 5.69 Å². The minimum absolute atomic E-state index is 0.